The Morgan fingerprint density at radius 3 is 2.90 bits per heavy atom. The van der Waals surface area contributed by atoms with Gasteiger partial charge in [-0.2, -0.15) is 0 Å². The van der Waals surface area contributed by atoms with Crippen LogP contribution in [0, 0.1) is 0 Å². The number of aliphatic hydroxyl groups excluding tert-OH is 1. The monoisotopic (exact) mass is 142 g/mol. The predicted molar refractivity (Wildman–Crippen MR) is 37.1 cm³/mol. The van der Waals surface area contributed by atoms with Gasteiger partial charge in [-0.3, -0.25) is 0 Å². The van der Waals surface area contributed by atoms with Crippen molar-refractivity contribution < 1.29 is 14.6 Å². The minimum absolute atomic E-state index is 0.0577. The lowest BCUT2D eigenvalue weighted by molar-refractivity contribution is -0.132. The first-order valence-electron chi connectivity index (χ1n) is 2.90. The van der Waals surface area contributed by atoms with Crippen molar-refractivity contribution >= 4 is 5.97 Å². The van der Waals surface area contributed by atoms with Gasteiger partial charge >= 0.3 is 5.97 Å². The highest BCUT2D eigenvalue weighted by molar-refractivity contribution is 5.81. The van der Waals surface area contributed by atoms with E-state index in [9.17, 15) is 4.79 Å². The first kappa shape index (κ1) is 8.91. The molecule has 10 heavy (non-hydrogen) atoms. The summed E-state index contributed by atoms with van der Waals surface area (Å²) in [7, 11) is 0. The molecule has 0 saturated heterocycles. The van der Waals surface area contributed by atoms with Crippen molar-refractivity contribution in [2.75, 3.05) is 6.61 Å². The molecule has 0 spiro atoms. The van der Waals surface area contributed by atoms with Crippen molar-refractivity contribution in [1.29, 1.82) is 0 Å². The molecule has 0 radical (unpaired) electrons. The van der Waals surface area contributed by atoms with Gasteiger partial charge in [0.05, 0.1) is 6.26 Å². The third-order valence-corrected chi connectivity index (χ3v) is 0.743. The summed E-state index contributed by atoms with van der Waals surface area (Å²) in [6.07, 6.45) is 4.36. The van der Waals surface area contributed by atoms with Gasteiger partial charge < -0.3 is 9.84 Å². The maximum absolute atomic E-state index is 10.3. The fourth-order valence-corrected chi connectivity index (χ4v) is 0.306. The molecule has 0 aliphatic heterocycles. The first-order chi connectivity index (χ1) is 4.81. The van der Waals surface area contributed by atoms with E-state index in [2.05, 4.69) is 11.3 Å². The van der Waals surface area contributed by atoms with E-state index in [1.165, 1.54) is 6.26 Å². The van der Waals surface area contributed by atoms with Crippen LogP contribution < -0.4 is 0 Å². The van der Waals surface area contributed by atoms with Crippen molar-refractivity contribution in [2.45, 2.75) is 6.42 Å². The quantitative estimate of drug-likeness (QED) is 0.355. The molecule has 0 aromatic carbocycles. The Morgan fingerprint density at radius 2 is 2.40 bits per heavy atom. The Kier molecular flexibility index (Phi) is 5.38. The third kappa shape index (κ3) is 5.05. The van der Waals surface area contributed by atoms with E-state index in [1.54, 1.807) is 6.08 Å². The van der Waals surface area contributed by atoms with Gasteiger partial charge in [0.2, 0.25) is 0 Å². The molecule has 0 unspecified atom stereocenters. The standard InChI is InChI=1S/C7H10O3/c1-2-7(9)10-6-4-3-5-8/h2,4,6,8H,1,3,5H2. The third-order valence-electron chi connectivity index (χ3n) is 0.743. The number of rotatable bonds is 4. The van der Waals surface area contributed by atoms with Gasteiger partial charge in [-0.25, -0.2) is 4.79 Å². The zero-order valence-electron chi connectivity index (χ0n) is 5.62. The summed E-state index contributed by atoms with van der Waals surface area (Å²) in [6.45, 7) is 3.26. The fourth-order valence-electron chi connectivity index (χ4n) is 0.306. The predicted octanol–water partition coefficient (Wildman–Crippen LogP) is 0.612. The normalized spacial score (nSPS) is 9.70. The van der Waals surface area contributed by atoms with Crippen LogP contribution in [-0.2, 0) is 9.53 Å². The topological polar surface area (TPSA) is 46.5 Å². The molecule has 0 atom stereocenters. The highest BCUT2D eigenvalue weighted by atomic mass is 16.5. The van der Waals surface area contributed by atoms with Gasteiger partial charge in [-0.1, -0.05) is 6.58 Å². The van der Waals surface area contributed by atoms with Crippen molar-refractivity contribution in [3.63, 3.8) is 0 Å². The molecule has 0 saturated carbocycles. The molecule has 0 fully saturated rings. The molecule has 0 aliphatic rings. The maximum Gasteiger partial charge on any atom is 0.334 e. The lowest BCUT2D eigenvalue weighted by Gasteiger charge is -1.89. The second-order valence-electron chi connectivity index (χ2n) is 1.53. The number of hydrogen-bond donors (Lipinski definition) is 1. The summed E-state index contributed by atoms with van der Waals surface area (Å²) in [5.41, 5.74) is 0. The molecule has 0 aromatic rings. The highest BCUT2D eigenvalue weighted by Gasteiger charge is 1.87. The van der Waals surface area contributed by atoms with Gasteiger partial charge in [-0.05, 0) is 12.5 Å². The van der Waals surface area contributed by atoms with Crippen molar-refractivity contribution in [3.8, 4) is 0 Å². The SMILES string of the molecule is C=CC(=O)OC=CCCO. The highest BCUT2D eigenvalue weighted by Crippen LogP contribution is 1.84. The molecule has 3 nitrogen and oxygen atoms in total. The summed E-state index contributed by atoms with van der Waals surface area (Å²) < 4.78 is 4.44. The van der Waals surface area contributed by atoms with Crippen LogP contribution in [0.25, 0.3) is 0 Å². The Hall–Kier alpha value is -1.09. The minimum Gasteiger partial charge on any atom is -0.432 e. The van der Waals surface area contributed by atoms with Crippen LogP contribution >= 0.6 is 0 Å². The van der Waals surface area contributed by atoms with Gasteiger partial charge in [-0.15, -0.1) is 0 Å². The van der Waals surface area contributed by atoms with Crippen LogP contribution in [-0.4, -0.2) is 17.7 Å². The average Bonchev–Trinajstić information content (AvgIpc) is 1.98. The smallest absolute Gasteiger partial charge is 0.334 e. The molecule has 0 rings (SSSR count). The van der Waals surface area contributed by atoms with Crippen LogP contribution in [0.2, 0.25) is 0 Å². The molecule has 56 valence electrons. The summed E-state index contributed by atoms with van der Waals surface area (Å²) in [6, 6.07) is 0. The van der Waals surface area contributed by atoms with E-state index in [0.717, 1.165) is 6.08 Å². The van der Waals surface area contributed by atoms with E-state index in [4.69, 9.17) is 5.11 Å². The van der Waals surface area contributed by atoms with E-state index in [0.29, 0.717) is 6.42 Å². The summed E-state index contributed by atoms with van der Waals surface area (Å²) in [4.78, 5) is 10.3. The van der Waals surface area contributed by atoms with Crippen molar-refractivity contribution in [2.24, 2.45) is 0 Å². The van der Waals surface area contributed by atoms with Crippen LogP contribution in [0.15, 0.2) is 25.0 Å². The molecular weight excluding hydrogens is 132 g/mol. The number of carbonyl (C=O) groups is 1. The molecule has 1 N–H and O–H groups in total. The number of carbonyl (C=O) groups excluding carboxylic acids is 1. The Morgan fingerprint density at radius 1 is 1.70 bits per heavy atom. The summed E-state index contributed by atoms with van der Waals surface area (Å²) in [5.74, 6) is -0.491. The van der Waals surface area contributed by atoms with Crippen LogP contribution in [0.5, 0.6) is 0 Å². The van der Waals surface area contributed by atoms with E-state index >= 15 is 0 Å². The van der Waals surface area contributed by atoms with Crippen LogP contribution in [0.4, 0.5) is 0 Å². The second kappa shape index (κ2) is 6.04. The average molecular weight is 142 g/mol. The lowest BCUT2D eigenvalue weighted by Crippen LogP contribution is -1.91. The number of ether oxygens (including phenoxy) is 1. The molecular formula is C7H10O3. The number of hydrogen-bond acceptors (Lipinski definition) is 3. The van der Waals surface area contributed by atoms with Gasteiger partial charge in [0.15, 0.2) is 0 Å². The Balaban J connectivity index is 3.33. The van der Waals surface area contributed by atoms with Crippen LogP contribution in [0.3, 0.4) is 0 Å². The molecule has 3 heteroatoms. The molecule has 0 heterocycles. The van der Waals surface area contributed by atoms with E-state index in [1.807, 2.05) is 0 Å². The van der Waals surface area contributed by atoms with E-state index in [-0.39, 0.29) is 6.61 Å². The molecule has 0 bridgehead atoms. The number of aliphatic hydroxyl groups is 1. The number of esters is 1. The van der Waals surface area contributed by atoms with Gasteiger partial charge in [0.1, 0.15) is 0 Å². The lowest BCUT2D eigenvalue weighted by atomic mass is 10.4. The van der Waals surface area contributed by atoms with Crippen molar-refractivity contribution in [1.82, 2.24) is 0 Å². The summed E-state index contributed by atoms with van der Waals surface area (Å²) >= 11 is 0. The minimum atomic E-state index is -0.491. The Labute approximate surface area is 59.6 Å². The summed E-state index contributed by atoms with van der Waals surface area (Å²) in [5, 5.41) is 8.28. The Bertz CT molecular complexity index is 138. The van der Waals surface area contributed by atoms with Gasteiger partial charge in [0.25, 0.3) is 0 Å². The molecule has 0 aliphatic carbocycles. The first-order valence-corrected chi connectivity index (χ1v) is 2.90. The second-order valence-corrected chi connectivity index (χ2v) is 1.53. The maximum atomic E-state index is 10.3. The van der Waals surface area contributed by atoms with Crippen molar-refractivity contribution in [3.05, 3.63) is 25.0 Å². The van der Waals surface area contributed by atoms with Crippen LogP contribution in [0.1, 0.15) is 6.42 Å². The molecule has 0 aromatic heterocycles. The van der Waals surface area contributed by atoms with E-state index < -0.39 is 5.97 Å². The molecule has 0 amide bonds. The van der Waals surface area contributed by atoms with Gasteiger partial charge in [0, 0.05) is 12.7 Å². The zero-order chi connectivity index (χ0) is 7.82. The fraction of sp³-hybridized carbons (Fsp3) is 0.286. The largest absolute Gasteiger partial charge is 0.432 e. The zero-order valence-corrected chi connectivity index (χ0v) is 5.62.